The Morgan fingerprint density at radius 1 is 1.41 bits per heavy atom. The molecule has 0 amide bonds. The van der Waals surface area contributed by atoms with Gasteiger partial charge in [-0.25, -0.2) is 4.98 Å². The van der Waals surface area contributed by atoms with Crippen LogP contribution in [-0.4, -0.2) is 33.0 Å². The zero-order valence-corrected chi connectivity index (χ0v) is 10.6. The van der Waals surface area contributed by atoms with Crippen LogP contribution in [0, 0.1) is 6.92 Å². The molecule has 0 fully saturated rings. The van der Waals surface area contributed by atoms with Crippen LogP contribution in [0.5, 0.6) is 0 Å². The predicted molar refractivity (Wildman–Crippen MR) is 65.7 cm³/mol. The molecule has 0 saturated carbocycles. The highest BCUT2D eigenvalue weighted by Crippen LogP contribution is 2.18. The van der Waals surface area contributed by atoms with Crippen LogP contribution >= 0.6 is 0 Å². The van der Waals surface area contributed by atoms with E-state index in [4.69, 9.17) is 4.74 Å². The van der Waals surface area contributed by atoms with Crippen molar-refractivity contribution in [1.29, 1.82) is 0 Å². The number of imidazole rings is 1. The van der Waals surface area contributed by atoms with Crippen LogP contribution in [0.2, 0.25) is 0 Å². The minimum absolute atomic E-state index is 0.751. The maximum atomic E-state index is 5.06. The lowest BCUT2D eigenvalue weighted by Crippen LogP contribution is -2.05. The van der Waals surface area contributed by atoms with Gasteiger partial charge in [-0.2, -0.15) is 5.10 Å². The molecule has 0 N–H and O–H groups in total. The van der Waals surface area contributed by atoms with Gasteiger partial charge in [-0.3, -0.25) is 4.68 Å². The van der Waals surface area contributed by atoms with Gasteiger partial charge in [-0.1, -0.05) is 0 Å². The second-order valence-corrected chi connectivity index (χ2v) is 4.16. The first-order valence-electron chi connectivity index (χ1n) is 5.72. The lowest BCUT2D eigenvalue weighted by atomic mass is 10.3. The number of aryl methyl sites for hydroxylation is 3. The summed E-state index contributed by atoms with van der Waals surface area (Å²) in [4.78, 5) is 4.36. The third kappa shape index (κ3) is 2.74. The van der Waals surface area contributed by atoms with E-state index in [-0.39, 0.29) is 0 Å². The maximum absolute atomic E-state index is 5.06. The Hall–Kier alpha value is -1.62. The number of aromatic nitrogens is 4. The molecular formula is C12H18N4O. The van der Waals surface area contributed by atoms with Crippen molar-refractivity contribution in [1.82, 2.24) is 19.3 Å². The molecule has 2 heterocycles. The minimum atomic E-state index is 0.751. The summed E-state index contributed by atoms with van der Waals surface area (Å²) in [5.74, 6) is 0. The molecule has 92 valence electrons. The summed E-state index contributed by atoms with van der Waals surface area (Å²) in [5.41, 5.74) is 3.05. The van der Waals surface area contributed by atoms with E-state index < -0.39 is 0 Å². The highest BCUT2D eigenvalue weighted by atomic mass is 16.5. The molecule has 17 heavy (non-hydrogen) atoms. The second kappa shape index (κ2) is 5.14. The standard InChI is InChI=1S/C12H18N4O/c1-10-7-12(11-8-15(2)9-13-11)16(14-10)5-4-6-17-3/h7-9H,4-6H2,1-3H3. The molecule has 0 aliphatic carbocycles. The summed E-state index contributed by atoms with van der Waals surface area (Å²) in [7, 11) is 3.68. The molecule has 0 atom stereocenters. The van der Waals surface area contributed by atoms with E-state index in [0.29, 0.717) is 0 Å². The lowest BCUT2D eigenvalue weighted by molar-refractivity contribution is 0.189. The van der Waals surface area contributed by atoms with Gasteiger partial charge in [-0.05, 0) is 19.4 Å². The lowest BCUT2D eigenvalue weighted by Gasteiger charge is -2.04. The summed E-state index contributed by atoms with van der Waals surface area (Å²) in [6, 6.07) is 2.06. The van der Waals surface area contributed by atoms with Crippen LogP contribution in [-0.2, 0) is 18.3 Å². The number of methoxy groups -OCH3 is 1. The number of nitrogens with zero attached hydrogens (tertiary/aromatic N) is 4. The van der Waals surface area contributed by atoms with E-state index in [2.05, 4.69) is 16.1 Å². The van der Waals surface area contributed by atoms with Gasteiger partial charge in [0, 0.05) is 33.5 Å². The zero-order valence-electron chi connectivity index (χ0n) is 10.6. The van der Waals surface area contributed by atoms with Crippen LogP contribution in [0.1, 0.15) is 12.1 Å². The Kier molecular flexibility index (Phi) is 3.58. The highest BCUT2D eigenvalue weighted by molar-refractivity contribution is 5.54. The van der Waals surface area contributed by atoms with Gasteiger partial charge in [0.25, 0.3) is 0 Å². The average Bonchev–Trinajstić information content (AvgIpc) is 2.85. The molecule has 2 aromatic heterocycles. The SMILES string of the molecule is COCCCn1nc(C)cc1-c1cn(C)cn1. The van der Waals surface area contributed by atoms with Gasteiger partial charge >= 0.3 is 0 Å². The number of rotatable bonds is 5. The summed E-state index contributed by atoms with van der Waals surface area (Å²) in [6.45, 7) is 3.60. The molecule has 0 aliphatic rings. The summed E-state index contributed by atoms with van der Waals surface area (Å²) in [5, 5.41) is 4.48. The second-order valence-electron chi connectivity index (χ2n) is 4.16. The van der Waals surface area contributed by atoms with E-state index in [1.54, 1.807) is 13.4 Å². The molecule has 0 saturated heterocycles. The molecule has 0 aliphatic heterocycles. The van der Waals surface area contributed by atoms with Crippen molar-refractivity contribution in [3.8, 4) is 11.4 Å². The Bertz CT molecular complexity index is 486. The van der Waals surface area contributed by atoms with Gasteiger partial charge in [0.05, 0.1) is 17.7 Å². The fraction of sp³-hybridized carbons (Fsp3) is 0.500. The fourth-order valence-corrected chi connectivity index (χ4v) is 1.83. The van der Waals surface area contributed by atoms with Crippen molar-refractivity contribution in [2.24, 2.45) is 7.05 Å². The Morgan fingerprint density at radius 3 is 2.88 bits per heavy atom. The summed E-state index contributed by atoms with van der Waals surface area (Å²) >= 11 is 0. The van der Waals surface area contributed by atoms with E-state index in [1.807, 2.05) is 29.4 Å². The van der Waals surface area contributed by atoms with Crippen molar-refractivity contribution in [2.45, 2.75) is 19.9 Å². The Labute approximate surface area is 101 Å². The van der Waals surface area contributed by atoms with Crippen LogP contribution < -0.4 is 0 Å². The van der Waals surface area contributed by atoms with Crippen LogP contribution in [0.25, 0.3) is 11.4 Å². The monoisotopic (exact) mass is 234 g/mol. The summed E-state index contributed by atoms with van der Waals surface area (Å²) < 4.78 is 9.00. The molecule has 2 aromatic rings. The van der Waals surface area contributed by atoms with Crippen LogP contribution in [0.4, 0.5) is 0 Å². The molecule has 0 spiro atoms. The number of hydrogen-bond donors (Lipinski definition) is 0. The van der Waals surface area contributed by atoms with Crippen LogP contribution in [0.15, 0.2) is 18.6 Å². The van der Waals surface area contributed by atoms with Gasteiger partial charge in [0.1, 0.15) is 5.69 Å². The quantitative estimate of drug-likeness (QED) is 0.739. The maximum Gasteiger partial charge on any atom is 0.106 e. The molecule has 0 radical (unpaired) electrons. The molecule has 0 bridgehead atoms. The van der Waals surface area contributed by atoms with Crippen molar-refractivity contribution in [3.63, 3.8) is 0 Å². The number of ether oxygens (including phenoxy) is 1. The largest absolute Gasteiger partial charge is 0.385 e. The van der Waals surface area contributed by atoms with Crippen molar-refractivity contribution < 1.29 is 4.74 Å². The van der Waals surface area contributed by atoms with Crippen LogP contribution in [0.3, 0.4) is 0 Å². The Morgan fingerprint density at radius 2 is 2.24 bits per heavy atom. The van der Waals surface area contributed by atoms with Crippen molar-refractivity contribution in [3.05, 3.63) is 24.3 Å². The first-order chi connectivity index (χ1) is 8.20. The number of hydrogen-bond acceptors (Lipinski definition) is 3. The third-order valence-corrected chi connectivity index (χ3v) is 2.59. The normalized spacial score (nSPS) is 11.0. The van der Waals surface area contributed by atoms with Crippen molar-refractivity contribution >= 4 is 0 Å². The smallest absolute Gasteiger partial charge is 0.106 e. The van der Waals surface area contributed by atoms with E-state index >= 15 is 0 Å². The topological polar surface area (TPSA) is 44.9 Å². The van der Waals surface area contributed by atoms with E-state index in [0.717, 1.165) is 36.7 Å². The molecule has 5 nitrogen and oxygen atoms in total. The first-order valence-corrected chi connectivity index (χ1v) is 5.72. The van der Waals surface area contributed by atoms with Gasteiger partial charge in [0.2, 0.25) is 0 Å². The summed E-state index contributed by atoms with van der Waals surface area (Å²) in [6.07, 6.45) is 4.76. The molecule has 2 rings (SSSR count). The Balaban J connectivity index is 2.21. The van der Waals surface area contributed by atoms with Gasteiger partial charge in [-0.15, -0.1) is 0 Å². The van der Waals surface area contributed by atoms with Gasteiger partial charge < -0.3 is 9.30 Å². The van der Waals surface area contributed by atoms with E-state index in [1.165, 1.54) is 0 Å². The van der Waals surface area contributed by atoms with E-state index in [9.17, 15) is 0 Å². The zero-order chi connectivity index (χ0) is 12.3. The average molecular weight is 234 g/mol. The highest BCUT2D eigenvalue weighted by Gasteiger charge is 2.09. The third-order valence-electron chi connectivity index (χ3n) is 2.59. The molecule has 0 aromatic carbocycles. The predicted octanol–water partition coefficient (Wildman–Crippen LogP) is 1.63. The molecular weight excluding hydrogens is 216 g/mol. The van der Waals surface area contributed by atoms with Gasteiger partial charge in [0.15, 0.2) is 0 Å². The van der Waals surface area contributed by atoms with Crippen molar-refractivity contribution in [2.75, 3.05) is 13.7 Å². The first kappa shape index (κ1) is 11.9. The fourth-order valence-electron chi connectivity index (χ4n) is 1.83. The molecule has 0 unspecified atom stereocenters. The molecule has 5 heteroatoms. The minimum Gasteiger partial charge on any atom is -0.385 e.